The quantitative estimate of drug-likeness (QED) is 0.378. The molecule has 0 atom stereocenters. The summed E-state index contributed by atoms with van der Waals surface area (Å²) < 4.78 is 10.5. The maximum atomic E-state index is 12.5. The van der Waals surface area contributed by atoms with E-state index in [4.69, 9.17) is 9.47 Å². The first-order chi connectivity index (χ1) is 12.2. The van der Waals surface area contributed by atoms with E-state index in [0.29, 0.717) is 24.3 Å². The monoisotopic (exact) mass is 348 g/mol. The van der Waals surface area contributed by atoms with Gasteiger partial charge in [-0.15, -0.1) is 0 Å². The maximum Gasteiger partial charge on any atom is 0.339 e. The van der Waals surface area contributed by atoms with Gasteiger partial charge in [0.2, 0.25) is 0 Å². The number of unbranched alkanes of at least 4 members (excludes halogenated alkanes) is 4. The summed E-state index contributed by atoms with van der Waals surface area (Å²) in [6.07, 6.45) is 8.03. The van der Waals surface area contributed by atoms with Gasteiger partial charge in [0.1, 0.15) is 0 Å². The van der Waals surface area contributed by atoms with Crippen molar-refractivity contribution in [3.05, 3.63) is 34.9 Å². The molecule has 0 aliphatic carbocycles. The molecule has 0 amide bonds. The molecule has 0 N–H and O–H groups in total. The largest absolute Gasteiger partial charge is 0.462 e. The van der Waals surface area contributed by atoms with Crippen molar-refractivity contribution in [2.75, 3.05) is 13.2 Å². The molecule has 0 saturated carbocycles. The van der Waals surface area contributed by atoms with Crippen molar-refractivity contribution in [2.45, 2.75) is 72.1 Å². The molecule has 0 radical (unpaired) electrons. The lowest BCUT2D eigenvalue weighted by Crippen LogP contribution is -2.17. The van der Waals surface area contributed by atoms with Gasteiger partial charge >= 0.3 is 11.9 Å². The molecule has 4 nitrogen and oxygen atoms in total. The van der Waals surface area contributed by atoms with Crippen molar-refractivity contribution in [3.63, 3.8) is 0 Å². The average molecular weight is 348 g/mol. The molecule has 0 heterocycles. The molecule has 4 heteroatoms. The Bertz CT molecular complexity index is 537. The third kappa shape index (κ3) is 7.29. The van der Waals surface area contributed by atoms with Crippen LogP contribution in [0.1, 0.15) is 92.0 Å². The molecule has 0 aromatic heterocycles. The number of carbonyl (C=O) groups excluding carboxylic acids is 2. The van der Waals surface area contributed by atoms with Gasteiger partial charge in [-0.3, -0.25) is 0 Å². The SMILES string of the molecule is CCCCCCCc1cccc(C(=O)OCCC)c1C(=O)OCCC. The van der Waals surface area contributed by atoms with E-state index in [1.165, 1.54) is 19.3 Å². The fourth-order valence-corrected chi connectivity index (χ4v) is 2.68. The van der Waals surface area contributed by atoms with Crippen LogP contribution >= 0.6 is 0 Å². The van der Waals surface area contributed by atoms with E-state index >= 15 is 0 Å². The number of ether oxygens (including phenoxy) is 2. The molecule has 0 aliphatic heterocycles. The topological polar surface area (TPSA) is 52.6 Å². The first-order valence-corrected chi connectivity index (χ1v) is 9.61. The van der Waals surface area contributed by atoms with Gasteiger partial charge in [-0.25, -0.2) is 9.59 Å². The van der Waals surface area contributed by atoms with Gasteiger partial charge in [0.25, 0.3) is 0 Å². The summed E-state index contributed by atoms with van der Waals surface area (Å²) in [5.74, 6) is -0.868. The Hall–Kier alpha value is -1.84. The van der Waals surface area contributed by atoms with Crippen molar-refractivity contribution >= 4 is 11.9 Å². The normalized spacial score (nSPS) is 10.5. The van der Waals surface area contributed by atoms with Gasteiger partial charge in [0, 0.05) is 0 Å². The van der Waals surface area contributed by atoms with Crippen LogP contribution in [0.4, 0.5) is 0 Å². The van der Waals surface area contributed by atoms with Crippen LogP contribution < -0.4 is 0 Å². The van der Waals surface area contributed by atoms with E-state index in [0.717, 1.165) is 37.7 Å². The van der Waals surface area contributed by atoms with E-state index < -0.39 is 11.9 Å². The van der Waals surface area contributed by atoms with Crippen LogP contribution in [0.3, 0.4) is 0 Å². The van der Waals surface area contributed by atoms with E-state index in [-0.39, 0.29) is 0 Å². The second-order valence-corrected chi connectivity index (χ2v) is 6.28. The Labute approximate surface area is 151 Å². The number of rotatable bonds is 12. The Morgan fingerprint density at radius 3 is 2.08 bits per heavy atom. The lowest BCUT2D eigenvalue weighted by atomic mass is 9.96. The van der Waals surface area contributed by atoms with Gasteiger partial charge in [0.05, 0.1) is 24.3 Å². The minimum Gasteiger partial charge on any atom is -0.462 e. The minimum atomic E-state index is -0.446. The van der Waals surface area contributed by atoms with Crippen LogP contribution in [0.25, 0.3) is 0 Å². The van der Waals surface area contributed by atoms with Crippen molar-refractivity contribution in [3.8, 4) is 0 Å². The van der Waals surface area contributed by atoms with Crippen molar-refractivity contribution in [2.24, 2.45) is 0 Å². The number of benzene rings is 1. The van der Waals surface area contributed by atoms with E-state index in [1.54, 1.807) is 6.07 Å². The van der Waals surface area contributed by atoms with Crippen molar-refractivity contribution in [1.82, 2.24) is 0 Å². The summed E-state index contributed by atoms with van der Waals surface area (Å²) in [4.78, 5) is 24.9. The first kappa shape index (κ1) is 21.2. The van der Waals surface area contributed by atoms with E-state index in [1.807, 2.05) is 26.0 Å². The van der Waals surface area contributed by atoms with Gasteiger partial charge in [-0.1, -0.05) is 58.6 Å². The molecule has 0 spiro atoms. The zero-order valence-corrected chi connectivity index (χ0v) is 15.9. The summed E-state index contributed by atoms with van der Waals surface area (Å²) in [5.41, 5.74) is 1.58. The first-order valence-electron chi connectivity index (χ1n) is 9.61. The number of hydrogen-bond acceptors (Lipinski definition) is 4. The van der Waals surface area contributed by atoms with Crippen LogP contribution in [0.2, 0.25) is 0 Å². The van der Waals surface area contributed by atoms with Crippen LogP contribution in [0.5, 0.6) is 0 Å². The average Bonchev–Trinajstić information content (AvgIpc) is 2.63. The highest BCUT2D eigenvalue weighted by Gasteiger charge is 2.22. The summed E-state index contributed by atoms with van der Waals surface area (Å²) in [6, 6.07) is 5.39. The Balaban J connectivity index is 2.96. The lowest BCUT2D eigenvalue weighted by molar-refractivity contribution is 0.0457. The number of hydrogen-bond donors (Lipinski definition) is 0. The summed E-state index contributed by atoms with van der Waals surface area (Å²) >= 11 is 0. The zero-order chi connectivity index (χ0) is 18.5. The number of aryl methyl sites for hydroxylation is 1. The molecule has 25 heavy (non-hydrogen) atoms. The predicted molar refractivity (Wildman–Crippen MR) is 100 cm³/mol. The molecule has 140 valence electrons. The van der Waals surface area contributed by atoms with Crippen LogP contribution in [0.15, 0.2) is 18.2 Å². The molecule has 0 bridgehead atoms. The van der Waals surface area contributed by atoms with Gasteiger partial charge in [0.15, 0.2) is 0 Å². The Morgan fingerprint density at radius 2 is 1.44 bits per heavy atom. The lowest BCUT2D eigenvalue weighted by Gasteiger charge is -2.14. The third-order valence-corrected chi connectivity index (χ3v) is 4.00. The zero-order valence-electron chi connectivity index (χ0n) is 15.9. The molecule has 1 rings (SSSR count). The third-order valence-electron chi connectivity index (χ3n) is 4.00. The highest BCUT2D eigenvalue weighted by atomic mass is 16.5. The van der Waals surface area contributed by atoms with Crippen molar-refractivity contribution < 1.29 is 19.1 Å². The molecule has 0 fully saturated rings. The Morgan fingerprint density at radius 1 is 0.800 bits per heavy atom. The molecule has 1 aromatic carbocycles. The van der Waals surface area contributed by atoms with Crippen LogP contribution in [0, 0.1) is 0 Å². The number of carbonyl (C=O) groups is 2. The fraction of sp³-hybridized carbons (Fsp3) is 0.619. The summed E-state index contributed by atoms with van der Waals surface area (Å²) in [7, 11) is 0. The standard InChI is InChI=1S/C21H32O4/c1-4-7-8-9-10-12-17-13-11-14-18(20(22)24-15-5-2)19(17)21(23)25-16-6-3/h11,13-14H,4-10,12,15-16H2,1-3H3. The number of esters is 2. The molecular formula is C21H32O4. The molecule has 0 saturated heterocycles. The van der Waals surface area contributed by atoms with E-state index in [2.05, 4.69) is 6.92 Å². The van der Waals surface area contributed by atoms with Gasteiger partial charge in [-0.2, -0.15) is 0 Å². The second kappa shape index (κ2) is 12.5. The fourth-order valence-electron chi connectivity index (χ4n) is 2.68. The molecule has 0 unspecified atom stereocenters. The molecule has 0 aliphatic rings. The Kier molecular flexibility index (Phi) is 10.6. The maximum absolute atomic E-state index is 12.5. The molecular weight excluding hydrogens is 316 g/mol. The second-order valence-electron chi connectivity index (χ2n) is 6.28. The predicted octanol–water partition coefficient (Wildman–Crippen LogP) is 5.33. The van der Waals surface area contributed by atoms with E-state index in [9.17, 15) is 9.59 Å². The minimum absolute atomic E-state index is 0.320. The van der Waals surface area contributed by atoms with Crippen LogP contribution in [-0.2, 0) is 15.9 Å². The molecule has 1 aromatic rings. The van der Waals surface area contributed by atoms with Gasteiger partial charge in [-0.05, 0) is 37.3 Å². The van der Waals surface area contributed by atoms with Crippen molar-refractivity contribution in [1.29, 1.82) is 0 Å². The van der Waals surface area contributed by atoms with Gasteiger partial charge < -0.3 is 9.47 Å². The summed E-state index contributed by atoms with van der Waals surface area (Å²) in [6.45, 7) is 6.78. The smallest absolute Gasteiger partial charge is 0.339 e. The van der Waals surface area contributed by atoms with Crippen LogP contribution in [-0.4, -0.2) is 25.2 Å². The highest BCUT2D eigenvalue weighted by Crippen LogP contribution is 2.21. The highest BCUT2D eigenvalue weighted by molar-refractivity contribution is 6.04. The summed E-state index contributed by atoms with van der Waals surface area (Å²) in [5, 5.41) is 0.